The van der Waals surface area contributed by atoms with Gasteiger partial charge >= 0.3 is 5.97 Å². The van der Waals surface area contributed by atoms with Crippen LogP contribution in [0.1, 0.15) is 13.3 Å². The van der Waals surface area contributed by atoms with Crippen molar-refractivity contribution in [1.29, 1.82) is 0 Å². The monoisotopic (exact) mass is 361 g/mol. The minimum atomic E-state index is -1.11. The SMILES string of the molecule is CC1=C(C(=O)O)N2C(=O)[C@@H](NC(=O)CNC3=CC=CCC=C3)[C@@H]2SC1. The minimum Gasteiger partial charge on any atom is -0.477 e. The Morgan fingerprint density at radius 1 is 1.40 bits per heavy atom. The smallest absolute Gasteiger partial charge is 0.352 e. The number of nitrogens with zero attached hydrogens (tertiary/aromatic N) is 1. The Morgan fingerprint density at radius 3 is 2.96 bits per heavy atom. The fraction of sp³-hybridized carbons (Fsp3) is 0.353. The molecule has 2 amide bonds. The Morgan fingerprint density at radius 2 is 2.20 bits per heavy atom. The van der Waals surface area contributed by atoms with Crippen molar-refractivity contribution < 1.29 is 19.5 Å². The number of hydrogen-bond acceptors (Lipinski definition) is 5. The van der Waals surface area contributed by atoms with E-state index < -0.39 is 12.0 Å². The van der Waals surface area contributed by atoms with E-state index in [-0.39, 0.29) is 29.4 Å². The molecule has 8 heteroatoms. The number of fused-ring (bicyclic) bond motifs is 1. The van der Waals surface area contributed by atoms with Gasteiger partial charge in [0.05, 0.1) is 6.54 Å². The van der Waals surface area contributed by atoms with E-state index in [1.807, 2.05) is 30.4 Å². The van der Waals surface area contributed by atoms with Crippen LogP contribution in [0.15, 0.2) is 47.3 Å². The number of rotatable bonds is 5. The maximum atomic E-state index is 12.3. The van der Waals surface area contributed by atoms with Crippen LogP contribution in [0.2, 0.25) is 0 Å². The van der Waals surface area contributed by atoms with Crippen LogP contribution in [0.25, 0.3) is 0 Å². The molecule has 3 aliphatic rings. The molecule has 3 rings (SSSR count). The molecule has 0 aromatic heterocycles. The van der Waals surface area contributed by atoms with Crippen LogP contribution in [-0.2, 0) is 14.4 Å². The predicted molar refractivity (Wildman–Crippen MR) is 94.3 cm³/mol. The van der Waals surface area contributed by atoms with Gasteiger partial charge in [-0.2, -0.15) is 0 Å². The summed E-state index contributed by atoms with van der Waals surface area (Å²) in [5.74, 6) is -1.25. The zero-order valence-electron chi connectivity index (χ0n) is 13.7. The maximum absolute atomic E-state index is 12.3. The highest BCUT2D eigenvalue weighted by Gasteiger charge is 2.53. The second-order valence-corrected chi connectivity index (χ2v) is 7.04. The lowest BCUT2D eigenvalue weighted by molar-refractivity contribution is -0.150. The van der Waals surface area contributed by atoms with Gasteiger partial charge in [-0.15, -0.1) is 11.8 Å². The third-order valence-electron chi connectivity index (χ3n) is 4.11. The summed E-state index contributed by atoms with van der Waals surface area (Å²) in [5, 5.41) is 14.6. The minimum absolute atomic E-state index is 0.0397. The average Bonchev–Trinajstić information content (AvgIpc) is 2.86. The molecule has 0 aromatic rings. The quantitative estimate of drug-likeness (QED) is 0.625. The van der Waals surface area contributed by atoms with Gasteiger partial charge in [0, 0.05) is 11.4 Å². The molecule has 0 unspecified atom stereocenters. The molecule has 0 spiro atoms. The number of carbonyl (C=O) groups excluding carboxylic acids is 2. The molecule has 0 aromatic carbocycles. The molecule has 132 valence electrons. The summed E-state index contributed by atoms with van der Waals surface area (Å²) in [6.45, 7) is 1.75. The fourth-order valence-electron chi connectivity index (χ4n) is 2.88. The van der Waals surface area contributed by atoms with Crippen molar-refractivity contribution in [3.05, 3.63) is 47.3 Å². The van der Waals surface area contributed by atoms with Gasteiger partial charge in [0.2, 0.25) is 5.91 Å². The van der Waals surface area contributed by atoms with Crippen LogP contribution in [0.5, 0.6) is 0 Å². The van der Waals surface area contributed by atoms with E-state index in [4.69, 9.17) is 0 Å². The van der Waals surface area contributed by atoms with Gasteiger partial charge in [-0.05, 0) is 31.1 Å². The highest BCUT2D eigenvalue weighted by Crippen LogP contribution is 2.39. The average molecular weight is 361 g/mol. The summed E-state index contributed by atoms with van der Waals surface area (Å²) in [5.41, 5.74) is 1.52. The third-order valence-corrected chi connectivity index (χ3v) is 5.54. The molecule has 7 nitrogen and oxygen atoms in total. The van der Waals surface area contributed by atoms with E-state index in [0.717, 1.165) is 12.1 Å². The number of hydrogen-bond donors (Lipinski definition) is 3. The second kappa shape index (κ2) is 7.18. The number of allylic oxidation sites excluding steroid dienone is 5. The molecular weight excluding hydrogens is 342 g/mol. The number of aliphatic carboxylic acids is 1. The van der Waals surface area contributed by atoms with Crippen LogP contribution in [0.4, 0.5) is 0 Å². The number of carbonyl (C=O) groups is 3. The summed E-state index contributed by atoms with van der Waals surface area (Å²) in [6, 6.07) is -0.680. The normalized spacial score (nSPS) is 24.9. The van der Waals surface area contributed by atoms with Crippen LogP contribution >= 0.6 is 11.8 Å². The first-order valence-corrected chi connectivity index (χ1v) is 8.98. The number of carboxylic acids is 1. The Balaban J connectivity index is 1.57. The largest absolute Gasteiger partial charge is 0.477 e. The van der Waals surface area contributed by atoms with E-state index in [2.05, 4.69) is 10.6 Å². The first-order chi connectivity index (χ1) is 12.0. The number of β-lactam (4-membered cyclic amide) rings is 1. The molecule has 0 radical (unpaired) electrons. The van der Waals surface area contributed by atoms with Crippen molar-refractivity contribution in [2.75, 3.05) is 12.3 Å². The summed E-state index contributed by atoms with van der Waals surface area (Å²) >= 11 is 1.46. The van der Waals surface area contributed by atoms with Gasteiger partial charge < -0.3 is 15.7 Å². The van der Waals surface area contributed by atoms with Gasteiger partial charge in [-0.1, -0.05) is 18.2 Å². The number of thioether (sulfide) groups is 1. The van der Waals surface area contributed by atoms with Crippen LogP contribution in [-0.4, -0.2) is 51.5 Å². The topological polar surface area (TPSA) is 98.7 Å². The number of carboxylic acid groups (broad SMARTS) is 1. The van der Waals surface area contributed by atoms with Crippen molar-refractivity contribution in [3.8, 4) is 0 Å². The number of amides is 2. The van der Waals surface area contributed by atoms with Crippen molar-refractivity contribution in [3.63, 3.8) is 0 Å². The lowest BCUT2D eigenvalue weighted by atomic mass is 10.0. The van der Waals surface area contributed by atoms with Crippen LogP contribution in [0.3, 0.4) is 0 Å². The Hall–Kier alpha value is -2.48. The summed E-state index contributed by atoms with van der Waals surface area (Å²) < 4.78 is 0. The third kappa shape index (κ3) is 3.48. The molecule has 2 atom stereocenters. The van der Waals surface area contributed by atoms with Crippen molar-refractivity contribution >= 4 is 29.5 Å². The highest BCUT2D eigenvalue weighted by atomic mass is 32.2. The second-order valence-electron chi connectivity index (χ2n) is 5.93. The molecular formula is C17H19N3O4S. The molecule has 3 N–H and O–H groups in total. The van der Waals surface area contributed by atoms with Gasteiger partial charge in [0.1, 0.15) is 17.1 Å². The van der Waals surface area contributed by atoms with Crippen molar-refractivity contribution in [2.24, 2.45) is 0 Å². The summed E-state index contributed by atoms with van der Waals surface area (Å²) in [4.78, 5) is 37.0. The Labute approximate surface area is 149 Å². The van der Waals surface area contributed by atoms with Crippen LogP contribution < -0.4 is 10.6 Å². The van der Waals surface area contributed by atoms with E-state index >= 15 is 0 Å². The molecule has 0 bridgehead atoms. The first-order valence-electron chi connectivity index (χ1n) is 7.93. The standard InChI is InChI=1S/C17H19N3O4S/c1-10-9-25-16-13(15(22)20(16)14(10)17(23)24)19-12(21)8-18-11-6-4-2-3-5-7-11/h2,4-7,13,16,18H,3,8-9H2,1H3,(H,19,21)(H,23,24)/t13-,16+/m1/s1. The van der Waals surface area contributed by atoms with E-state index in [9.17, 15) is 19.5 Å². The molecule has 0 saturated carbocycles. The van der Waals surface area contributed by atoms with Gasteiger partial charge in [0.25, 0.3) is 5.91 Å². The maximum Gasteiger partial charge on any atom is 0.352 e. The van der Waals surface area contributed by atoms with E-state index in [1.54, 1.807) is 6.92 Å². The zero-order valence-corrected chi connectivity index (χ0v) is 14.5. The number of nitrogens with one attached hydrogen (secondary N) is 2. The molecule has 2 heterocycles. The predicted octanol–water partition coefficient (Wildman–Crippen LogP) is 0.735. The van der Waals surface area contributed by atoms with E-state index in [0.29, 0.717) is 11.3 Å². The lowest BCUT2D eigenvalue weighted by Crippen LogP contribution is -2.70. The Kier molecular flexibility index (Phi) is 4.98. The van der Waals surface area contributed by atoms with Crippen molar-refractivity contribution in [1.82, 2.24) is 15.5 Å². The lowest BCUT2D eigenvalue weighted by Gasteiger charge is -2.49. The molecule has 25 heavy (non-hydrogen) atoms. The summed E-state index contributed by atoms with van der Waals surface area (Å²) in [7, 11) is 0. The molecule has 2 aliphatic heterocycles. The Bertz CT molecular complexity index is 738. The molecule has 1 fully saturated rings. The van der Waals surface area contributed by atoms with Crippen molar-refractivity contribution in [2.45, 2.75) is 24.8 Å². The summed E-state index contributed by atoms with van der Waals surface area (Å²) in [6.07, 6.45) is 10.5. The molecule has 1 saturated heterocycles. The van der Waals surface area contributed by atoms with Gasteiger partial charge in [-0.25, -0.2) is 4.79 Å². The first kappa shape index (κ1) is 17.3. The van der Waals surface area contributed by atoms with E-state index in [1.165, 1.54) is 16.7 Å². The zero-order chi connectivity index (χ0) is 18.0. The van der Waals surface area contributed by atoms with Crippen LogP contribution in [0, 0.1) is 0 Å². The fourth-order valence-corrected chi connectivity index (χ4v) is 4.17. The van der Waals surface area contributed by atoms with Gasteiger partial charge in [-0.3, -0.25) is 14.5 Å². The highest BCUT2D eigenvalue weighted by molar-refractivity contribution is 8.00. The van der Waals surface area contributed by atoms with Gasteiger partial charge in [0.15, 0.2) is 0 Å². The molecule has 1 aliphatic carbocycles.